The molecule has 5 nitrogen and oxygen atoms in total. The average molecular weight is 292 g/mol. The molecular weight excluding hydrogens is 268 g/mol. The highest BCUT2D eigenvalue weighted by Crippen LogP contribution is 2.18. The maximum atomic E-state index is 12.0. The topological polar surface area (TPSA) is 69.6 Å². The third-order valence-corrected chi connectivity index (χ3v) is 3.32. The molecule has 0 aliphatic heterocycles. The van der Waals surface area contributed by atoms with Crippen LogP contribution in [0, 0.1) is 5.41 Å². The fourth-order valence-corrected chi connectivity index (χ4v) is 1.84. The van der Waals surface area contributed by atoms with E-state index in [1.165, 1.54) is 4.90 Å². The monoisotopic (exact) mass is 292 g/mol. The standard InChI is InChI=1S/C16H24N2O3/c1-16(2,9-10-19)11-17-14(20)12-5-7-13(8-6-12)15(21)18(3)4/h5-8,19H,9-11H2,1-4H3,(H,17,20). The van der Waals surface area contributed by atoms with Crippen LogP contribution in [0.1, 0.15) is 41.0 Å². The summed E-state index contributed by atoms with van der Waals surface area (Å²) in [4.78, 5) is 25.3. The molecule has 0 saturated heterocycles. The van der Waals surface area contributed by atoms with Gasteiger partial charge in [-0.1, -0.05) is 13.8 Å². The van der Waals surface area contributed by atoms with Gasteiger partial charge in [0.15, 0.2) is 0 Å². The third-order valence-electron chi connectivity index (χ3n) is 3.32. The summed E-state index contributed by atoms with van der Waals surface area (Å²) in [6, 6.07) is 6.59. The normalized spacial score (nSPS) is 11.1. The summed E-state index contributed by atoms with van der Waals surface area (Å²) in [7, 11) is 3.37. The van der Waals surface area contributed by atoms with Crippen molar-refractivity contribution < 1.29 is 14.7 Å². The summed E-state index contributed by atoms with van der Waals surface area (Å²) in [5.41, 5.74) is 0.924. The lowest BCUT2D eigenvalue weighted by Crippen LogP contribution is -2.34. The van der Waals surface area contributed by atoms with Gasteiger partial charge in [-0.15, -0.1) is 0 Å². The largest absolute Gasteiger partial charge is 0.396 e. The lowest BCUT2D eigenvalue weighted by Gasteiger charge is -2.23. The lowest BCUT2D eigenvalue weighted by molar-refractivity contribution is 0.0826. The number of carbonyl (C=O) groups excluding carboxylic acids is 2. The van der Waals surface area contributed by atoms with Crippen molar-refractivity contribution in [3.05, 3.63) is 35.4 Å². The Labute approximate surface area is 126 Å². The number of amides is 2. The molecule has 1 rings (SSSR count). The van der Waals surface area contributed by atoms with Gasteiger partial charge in [-0.2, -0.15) is 0 Å². The number of hydrogen-bond donors (Lipinski definition) is 2. The summed E-state index contributed by atoms with van der Waals surface area (Å²) < 4.78 is 0. The highest BCUT2D eigenvalue weighted by molar-refractivity contribution is 5.97. The van der Waals surface area contributed by atoms with Gasteiger partial charge in [0.05, 0.1) is 0 Å². The molecule has 0 bridgehead atoms. The molecule has 2 N–H and O–H groups in total. The summed E-state index contributed by atoms with van der Waals surface area (Å²) >= 11 is 0. The molecule has 0 radical (unpaired) electrons. The Morgan fingerprint density at radius 1 is 1.14 bits per heavy atom. The molecule has 0 aliphatic rings. The SMILES string of the molecule is CN(C)C(=O)c1ccc(C(=O)NCC(C)(C)CCO)cc1. The first-order chi connectivity index (χ1) is 9.76. The molecule has 0 heterocycles. The minimum Gasteiger partial charge on any atom is -0.396 e. The van der Waals surface area contributed by atoms with Crippen molar-refractivity contribution in [1.82, 2.24) is 10.2 Å². The minimum absolute atomic E-state index is 0.0916. The quantitative estimate of drug-likeness (QED) is 0.835. The van der Waals surface area contributed by atoms with Gasteiger partial charge in [0.25, 0.3) is 11.8 Å². The van der Waals surface area contributed by atoms with E-state index < -0.39 is 0 Å². The van der Waals surface area contributed by atoms with Crippen LogP contribution in [0.5, 0.6) is 0 Å². The van der Waals surface area contributed by atoms with Crippen LogP contribution in [0.15, 0.2) is 24.3 Å². The van der Waals surface area contributed by atoms with Crippen LogP contribution >= 0.6 is 0 Å². The van der Waals surface area contributed by atoms with E-state index in [-0.39, 0.29) is 23.8 Å². The Balaban J connectivity index is 2.66. The molecule has 0 atom stereocenters. The van der Waals surface area contributed by atoms with E-state index in [4.69, 9.17) is 5.11 Å². The Kier molecular flexibility index (Phi) is 5.90. The Hall–Kier alpha value is -1.88. The van der Waals surface area contributed by atoms with Gasteiger partial charge in [-0.05, 0) is 36.1 Å². The van der Waals surface area contributed by atoms with Crippen molar-refractivity contribution in [3.63, 3.8) is 0 Å². The zero-order valence-corrected chi connectivity index (χ0v) is 13.1. The van der Waals surface area contributed by atoms with E-state index >= 15 is 0 Å². The lowest BCUT2D eigenvalue weighted by atomic mass is 9.89. The number of hydrogen-bond acceptors (Lipinski definition) is 3. The van der Waals surface area contributed by atoms with Crippen LogP contribution in [0.2, 0.25) is 0 Å². The number of aliphatic hydroxyl groups is 1. The van der Waals surface area contributed by atoms with Crippen LogP contribution < -0.4 is 5.32 Å². The molecule has 1 aromatic carbocycles. The van der Waals surface area contributed by atoms with E-state index in [1.807, 2.05) is 13.8 Å². The van der Waals surface area contributed by atoms with Gasteiger partial charge in [0.1, 0.15) is 0 Å². The molecule has 2 amide bonds. The molecule has 5 heteroatoms. The van der Waals surface area contributed by atoms with E-state index in [0.717, 1.165) is 0 Å². The number of nitrogens with zero attached hydrogens (tertiary/aromatic N) is 1. The van der Waals surface area contributed by atoms with Crippen molar-refractivity contribution in [2.45, 2.75) is 20.3 Å². The Morgan fingerprint density at radius 2 is 1.67 bits per heavy atom. The number of carbonyl (C=O) groups is 2. The van der Waals surface area contributed by atoms with Gasteiger partial charge < -0.3 is 15.3 Å². The van der Waals surface area contributed by atoms with Gasteiger partial charge in [0, 0.05) is 38.4 Å². The first kappa shape index (κ1) is 17.2. The molecular formula is C16H24N2O3. The molecule has 21 heavy (non-hydrogen) atoms. The summed E-state index contributed by atoms with van der Waals surface area (Å²) in [5, 5.41) is 11.8. The molecule has 116 valence electrons. The van der Waals surface area contributed by atoms with E-state index in [1.54, 1.807) is 38.4 Å². The van der Waals surface area contributed by atoms with Crippen molar-refractivity contribution in [1.29, 1.82) is 0 Å². The van der Waals surface area contributed by atoms with Crippen molar-refractivity contribution >= 4 is 11.8 Å². The number of benzene rings is 1. The highest BCUT2D eigenvalue weighted by Gasteiger charge is 2.18. The van der Waals surface area contributed by atoms with Gasteiger partial charge >= 0.3 is 0 Å². The van der Waals surface area contributed by atoms with Gasteiger partial charge in [0.2, 0.25) is 0 Å². The first-order valence-corrected chi connectivity index (χ1v) is 6.97. The second-order valence-corrected chi connectivity index (χ2v) is 6.10. The van der Waals surface area contributed by atoms with Crippen LogP contribution in [0.25, 0.3) is 0 Å². The molecule has 0 spiro atoms. The smallest absolute Gasteiger partial charge is 0.253 e. The van der Waals surface area contributed by atoms with E-state index in [0.29, 0.717) is 24.1 Å². The van der Waals surface area contributed by atoms with Crippen molar-refractivity contribution in [3.8, 4) is 0 Å². The van der Waals surface area contributed by atoms with Gasteiger partial charge in [-0.25, -0.2) is 0 Å². The maximum absolute atomic E-state index is 12.0. The van der Waals surface area contributed by atoms with Crippen molar-refractivity contribution in [2.24, 2.45) is 5.41 Å². The molecule has 0 aliphatic carbocycles. The molecule has 0 unspecified atom stereocenters. The third kappa shape index (κ3) is 5.19. The summed E-state index contributed by atoms with van der Waals surface area (Å²) in [6.45, 7) is 4.57. The van der Waals surface area contributed by atoms with Crippen molar-refractivity contribution in [2.75, 3.05) is 27.2 Å². The van der Waals surface area contributed by atoms with Crippen LogP contribution in [-0.2, 0) is 0 Å². The zero-order valence-electron chi connectivity index (χ0n) is 13.1. The fraction of sp³-hybridized carbons (Fsp3) is 0.500. The second-order valence-electron chi connectivity index (χ2n) is 6.10. The fourth-order valence-electron chi connectivity index (χ4n) is 1.84. The number of aliphatic hydroxyl groups excluding tert-OH is 1. The Bertz CT molecular complexity index is 493. The highest BCUT2D eigenvalue weighted by atomic mass is 16.3. The molecule has 1 aromatic rings. The number of rotatable bonds is 6. The van der Waals surface area contributed by atoms with Crippen LogP contribution in [0.3, 0.4) is 0 Å². The van der Waals surface area contributed by atoms with E-state index in [2.05, 4.69) is 5.32 Å². The zero-order chi connectivity index (χ0) is 16.0. The van der Waals surface area contributed by atoms with Crippen LogP contribution in [0.4, 0.5) is 0 Å². The minimum atomic E-state index is -0.176. The average Bonchev–Trinajstić information content (AvgIpc) is 2.44. The predicted molar refractivity (Wildman–Crippen MR) is 82.3 cm³/mol. The number of nitrogens with one attached hydrogen (secondary N) is 1. The summed E-state index contributed by atoms with van der Waals surface area (Å²) in [5.74, 6) is -0.268. The summed E-state index contributed by atoms with van der Waals surface area (Å²) in [6.07, 6.45) is 0.629. The molecule has 0 saturated carbocycles. The van der Waals surface area contributed by atoms with Gasteiger partial charge in [-0.3, -0.25) is 9.59 Å². The second kappa shape index (κ2) is 7.22. The molecule has 0 fully saturated rings. The van der Waals surface area contributed by atoms with E-state index in [9.17, 15) is 9.59 Å². The Morgan fingerprint density at radius 3 is 2.14 bits per heavy atom. The predicted octanol–water partition coefficient (Wildman–Crippen LogP) is 1.53. The van der Waals surface area contributed by atoms with Crippen LogP contribution in [-0.4, -0.2) is 49.1 Å². The maximum Gasteiger partial charge on any atom is 0.253 e. The molecule has 0 aromatic heterocycles. The first-order valence-electron chi connectivity index (χ1n) is 6.97.